The first-order valence-electron chi connectivity index (χ1n) is 3.33. The van der Waals surface area contributed by atoms with Gasteiger partial charge in [0, 0.05) is 7.11 Å². The average Bonchev–Trinajstić information content (AvgIpc) is 1.63. The second-order valence-electron chi connectivity index (χ2n) is 2.74. The lowest BCUT2D eigenvalue weighted by Crippen LogP contribution is -2.15. The van der Waals surface area contributed by atoms with Crippen LogP contribution in [0.5, 0.6) is 0 Å². The number of hydrogen-bond donors (Lipinski definition) is 1. The summed E-state index contributed by atoms with van der Waals surface area (Å²) in [5.74, 6) is 0.551. The van der Waals surface area contributed by atoms with Crippen molar-refractivity contribution < 1.29 is 9.84 Å². The first kappa shape index (κ1) is 8.92. The minimum Gasteiger partial charge on any atom is -0.391 e. The normalized spacial score (nSPS) is 14.3. The van der Waals surface area contributed by atoms with Crippen LogP contribution in [0, 0.1) is 5.92 Å². The highest BCUT2D eigenvalue weighted by molar-refractivity contribution is 4.55. The Morgan fingerprint density at radius 3 is 2.33 bits per heavy atom. The van der Waals surface area contributed by atoms with Crippen molar-refractivity contribution in [1.82, 2.24) is 0 Å². The molecule has 0 amide bonds. The van der Waals surface area contributed by atoms with Crippen molar-refractivity contribution in [2.75, 3.05) is 13.7 Å². The van der Waals surface area contributed by atoms with Gasteiger partial charge >= 0.3 is 0 Å². The molecule has 1 N–H and O–H groups in total. The van der Waals surface area contributed by atoms with E-state index < -0.39 is 0 Å². The van der Waals surface area contributed by atoms with Crippen LogP contribution >= 0.6 is 0 Å². The molecule has 0 aliphatic rings. The van der Waals surface area contributed by atoms with E-state index in [-0.39, 0.29) is 6.10 Å². The monoisotopic (exact) mass is 132 g/mol. The van der Waals surface area contributed by atoms with Gasteiger partial charge in [-0.2, -0.15) is 0 Å². The first-order valence-corrected chi connectivity index (χ1v) is 3.33. The molecule has 0 saturated carbocycles. The fourth-order valence-corrected chi connectivity index (χ4v) is 0.805. The summed E-state index contributed by atoms with van der Waals surface area (Å²) in [5, 5.41) is 9.09. The molecule has 0 spiro atoms. The first-order chi connectivity index (χ1) is 4.16. The van der Waals surface area contributed by atoms with E-state index in [2.05, 4.69) is 13.8 Å². The summed E-state index contributed by atoms with van der Waals surface area (Å²) < 4.78 is 4.75. The van der Waals surface area contributed by atoms with Gasteiger partial charge < -0.3 is 9.84 Å². The zero-order chi connectivity index (χ0) is 7.28. The van der Waals surface area contributed by atoms with E-state index in [4.69, 9.17) is 9.84 Å². The minimum absolute atomic E-state index is 0.282. The largest absolute Gasteiger partial charge is 0.391 e. The van der Waals surface area contributed by atoms with Crippen molar-refractivity contribution in [3.63, 3.8) is 0 Å². The summed E-state index contributed by atoms with van der Waals surface area (Å²) >= 11 is 0. The second-order valence-corrected chi connectivity index (χ2v) is 2.74. The highest BCUT2D eigenvalue weighted by Crippen LogP contribution is 2.03. The zero-order valence-electron chi connectivity index (χ0n) is 6.42. The van der Waals surface area contributed by atoms with E-state index in [1.165, 1.54) is 0 Å². The number of hydrogen-bond acceptors (Lipinski definition) is 2. The van der Waals surface area contributed by atoms with E-state index in [1.807, 2.05) is 0 Å². The highest BCUT2D eigenvalue weighted by Gasteiger charge is 2.04. The molecule has 0 fully saturated rings. The van der Waals surface area contributed by atoms with Crippen molar-refractivity contribution >= 4 is 0 Å². The smallest absolute Gasteiger partial charge is 0.0776 e. The predicted molar refractivity (Wildman–Crippen MR) is 37.3 cm³/mol. The van der Waals surface area contributed by atoms with Gasteiger partial charge in [-0.15, -0.1) is 0 Å². The molecule has 0 aromatic rings. The molecule has 0 radical (unpaired) electrons. The molecule has 0 bridgehead atoms. The van der Waals surface area contributed by atoms with Crippen LogP contribution in [-0.2, 0) is 4.74 Å². The molecule has 0 heterocycles. The topological polar surface area (TPSA) is 29.5 Å². The molecule has 0 unspecified atom stereocenters. The highest BCUT2D eigenvalue weighted by atomic mass is 16.5. The van der Waals surface area contributed by atoms with Crippen LogP contribution in [0.3, 0.4) is 0 Å². The van der Waals surface area contributed by atoms with E-state index in [1.54, 1.807) is 7.11 Å². The Labute approximate surface area is 56.8 Å². The standard InChI is InChI=1S/C7H16O2/c1-6(2)4-7(8)5-9-3/h6-8H,4-5H2,1-3H3/t7-/m0/s1. The maximum absolute atomic E-state index is 9.09. The summed E-state index contributed by atoms with van der Waals surface area (Å²) in [6, 6.07) is 0. The Morgan fingerprint density at radius 2 is 2.00 bits per heavy atom. The fraction of sp³-hybridized carbons (Fsp3) is 1.00. The lowest BCUT2D eigenvalue weighted by Gasteiger charge is -2.10. The third-order valence-corrected chi connectivity index (χ3v) is 1.10. The van der Waals surface area contributed by atoms with Gasteiger partial charge in [0.05, 0.1) is 12.7 Å². The quantitative estimate of drug-likeness (QED) is 0.619. The molecule has 0 rings (SSSR count). The van der Waals surface area contributed by atoms with Crippen molar-refractivity contribution in [3.8, 4) is 0 Å². The van der Waals surface area contributed by atoms with Crippen LogP contribution in [0.2, 0.25) is 0 Å². The Morgan fingerprint density at radius 1 is 1.44 bits per heavy atom. The van der Waals surface area contributed by atoms with Gasteiger partial charge in [0.1, 0.15) is 0 Å². The molecule has 2 nitrogen and oxygen atoms in total. The van der Waals surface area contributed by atoms with Crippen LogP contribution in [0.25, 0.3) is 0 Å². The second kappa shape index (κ2) is 4.77. The van der Waals surface area contributed by atoms with Crippen LogP contribution in [-0.4, -0.2) is 24.9 Å². The number of ether oxygens (including phenoxy) is 1. The van der Waals surface area contributed by atoms with E-state index in [9.17, 15) is 0 Å². The van der Waals surface area contributed by atoms with Gasteiger partial charge in [0.2, 0.25) is 0 Å². The van der Waals surface area contributed by atoms with Gasteiger partial charge in [-0.25, -0.2) is 0 Å². The summed E-state index contributed by atoms with van der Waals surface area (Å²) in [6.07, 6.45) is 0.545. The van der Waals surface area contributed by atoms with E-state index in [0.717, 1.165) is 6.42 Å². The van der Waals surface area contributed by atoms with Crippen LogP contribution in [0.1, 0.15) is 20.3 Å². The van der Waals surface area contributed by atoms with Gasteiger partial charge in [0.15, 0.2) is 0 Å². The molecule has 2 heteroatoms. The van der Waals surface area contributed by atoms with Crippen LogP contribution in [0.4, 0.5) is 0 Å². The molecule has 0 aliphatic heterocycles. The molecule has 56 valence electrons. The Bertz CT molecular complexity index is 61.9. The number of aliphatic hydroxyl groups is 1. The molecule has 0 aromatic heterocycles. The molecular formula is C7H16O2. The third-order valence-electron chi connectivity index (χ3n) is 1.10. The minimum atomic E-state index is -0.282. The molecular weight excluding hydrogens is 116 g/mol. The number of rotatable bonds is 4. The molecule has 0 aliphatic carbocycles. The van der Waals surface area contributed by atoms with Crippen molar-refractivity contribution in [2.45, 2.75) is 26.4 Å². The van der Waals surface area contributed by atoms with Crippen molar-refractivity contribution in [1.29, 1.82) is 0 Å². The summed E-state index contributed by atoms with van der Waals surface area (Å²) in [4.78, 5) is 0. The number of methoxy groups -OCH3 is 1. The molecule has 1 atom stereocenters. The maximum Gasteiger partial charge on any atom is 0.0776 e. The third kappa shape index (κ3) is 5.80. The zero-order valence-corrected chi connectivity index (χ0v) is 6.42. The fourth-order valence-electron chi connectivity index (χ4n) is 0.805. The summed E-state index contributed by atoms with van der Waals surface area (Å²) in [5.41, 5.74) is 0. The predicted octanol–water partition coefficient (Wildman–Crippen LogP) is 1.04. The van der Waals surface area contributed by atoms with Gasteiger partial charge in [-0.05, 0) is 12.3 Å². The average molecular weight is 132 g/mol. The van der Waals surface area contributed by atoms with Crippen LogP contribution < -0.4 is 0 Å². The maximum atomic E-state index is 9.09. The SMILES string of the molecule is COC[C@@H](O)CC(C)C. The Kier molecular flexibility index (Phi) is 4.72. The van der Waals surface area contributed by atoms with Gasteiger partial charge in [-0.1, -0.05) is 13.8 Å². The Hall–Kier alpha value is -0.0800. The van der Waals surface area contributed by atoms with Gasteiger partial charge in [0.25, 0.3) is 0 Å². The summed E-state index contributed by atoms with van der Waals surface area (Å²) in [6.45, 7) is 4.62. The molecule has 0 aromatic carbocycles. The van der Waals surface area contributed by atoms with E-state index >= 15 is 0 Å². The van der Waals surface area contributed by atoms with Crippen molar-refractivity contribution in [2.24, 2.45) is 5.92 Å². The lowest BCUT2D eigenvalue weighted by molar-refractivity contribution is 0.0515. The molecule has 0 saturated heterocycles. The molecule has 9 heavy (non-hydrogen) atoms. The number of aliphatic hydroxyl groups excluding tert-OH is 1. The van der Waals surface area contributed by atoms with E-state index in [0.29, 0.717) is 12.5 Å². The van der Waals surface area contributed by atoms with Gasteiger partial charge in [-0.3, -0.25) is 0 Å². The lowest BCUT2D eigenvalue weighted by atomic mass is 10.1. The van der Waals surface area contributed by atoms with Crippen LogP contribution in [0.15, 0.2) is 0 Å². The Balaban J connectivity index is 3.15. The summed E-state index contributed by atoms with van der Waals surface area (Å²) in [7, 11) is 1.60. The van der Waals surface area contributed by atoms with Crippen molar-refractivity contribution in [3.05, 3.63) is 0 Å².